The van der Waals surface area contributed by atoms with E-state index in [1.165, 1.54) is 0 Å². The fourth-order valence-corrected chi connectivity index (χ4v) is 4.30. The Hall–Kier alpha value is -3.54. The lowest BCUT2D eigenvalue weighted by Gasteiger charge is -2.33. The minimum atomic E-state index is -2.64. The van der Waals surface area contributed by atoms with Gasteiger partial charge in [-0.1, -0.05) is 18.2 Å². The molecule has 1 fully saturated rings. The number of aromatic nitrogens is 4. The maximum atomic E-state index is 10.8. The molecule has 1 saturated heterocycles. The first-order valence-electron chi connectivity index (χ1n) is 11.0. The molecule has 176 valence electrons. The summed E-state index contributed by atoms with van der Waals surface area (Å²) < 4.78 is 26.0. The van der Waals surface area contributed by atoms with Crippen molar-refractivity contribution in [3.63, 3.8) is 0 Å². The highest BCUT2D eigenvalue weighted by atomic mass is 32.2. The van der Waals surface area contributed by atoms with E-state index in [2.05, 4.69) is 42.0 Å². The van der Waals surface area contributed by atoms with Gasteiger partial charge in [-0.2, -0.15) is 0 Å². The monoisotopic (exact) mass is 478 g/mol. The van der Waals surface area contributed by atoms with Crippen molar-refractivity contribution < 1.29 is 8.42 Å². The molecule has 10 nitrogen and oxygen atoms in total. The molecule has 4 heterocycles. The SMILES string of the molecule is CN1CCN(c2ccc(Nc3ncc4ccc(-c5cccc(CN[SH](=O)=O)c5)n4n3)cn2)CC1. The zero-order valence-corrected chi connectivity index (χ0v) is 19.7. The second-order valence-corrected chi connectivity index (χ2v) is 9.08. The average Bonchev–Trinajstić information content (AvgIpc) is 3.27. The number of piperazine rings is 1. The van der Waals surface area contributed by atoms with Gasteiger partial charge in [0, 0.05) is 38.3 Å². The molecule has 11 heteroatoms. The summed E-state index contributed by atoms with van der Waals surface area (Å²) in [6, 6.07) is 15.6. The Labute approximate surface area is 199 Å². The van der Waals surface area contributed by atoms with Crippen LogP contribution in [0.3, 0.4) is 0 Å². The predicted molar refractivity (Wildman–Crippen MR) is 133 cm³/mol. The summed E-state index contributed by atoms with van der Waals surface area (Å²) in [5, 5.41) is 7.91. The summed E-state index contributed by atoms with van der Waals surface area (Å²) in [4.78, 5) is 13.7. The lowest BCUT2D eigenvalue weighted by molar-refractivity contribution is 0.312. The van der Waals surface area contributed by atoms with Gasteiger partial charge in [0.25, 0.3) is 0 Å². The highest BCUT2D eigenvalue weighted by Crippen LogP contribution is 2.24. The summed E-state index contributed by atoms with van der Waals surface area (Å²) in [6.45, 7) is 4.26. The van der Waals surface area contributed by atoms with Crippen LogP contribution in [0.2, 0.25) is 0 Å². The van der Waals surface area contributed by atoms with E-state index in [4.69, 9.17) is 0 Å². The van der Waals surface area contributed by atoms with Crippen LogP contribution in [0.5, 0.6) is 0 Å². The number of pyridine rings is 1. The summed E-state index contributed by atoms with van der Waals surface area (Å²) in [6.07, 6.45) is 3.56. The van der Waals surface area contributed by atoms with E-state index < -0.39 is 10.9 Å². The Balaban J connectivity index is 1.35. The van der Waals surface area contributed by atoms with Crippen LogP contribution in [0.4, 0.5) is 17.5 Å². The molecule has 1 aliphatic rings. The second kappa shape index (κ2) is 9.75. The van der Waals surface area contributed by atoms with Crippen molar-refractivity contribution >= 4 is 33.9 Å². The average molecular weight is 479 g/mol. The zero-order valence-electron chi connectivity index (χ0n) is 18.8. The van der Waals surface area contributed by atoms with Crippen molar-refractivity contribution in [2.24, 2.45) is 0 Å². The number of hydrogen-bond acceptors (Lipinski definition) is 8. The van der Waals surface area contributed by atoms with E-state index in [1.54, 1.807) is 12.4 Å². The molecule has 4 aromatic rings. The number of nitrogens with one attached hydrogen (secondary N) is 2. The lowest BCUT2D eigenvalue weighted by atomic mass is 10.1. The van der Waals surface area contributed by atoms with Gasteiger partial charge in [-0.25, -0.2) is 27.6 Å². The largest absolute Gasteiger partial charge is 0.354 e. The molecule has 0 spiro atoms. The van der Waals surface area contributed by atoms with Crippen LogP contribution in [0.15, 0.2) is 60.9 Å². The number of hydrogen-bond donors (Lipinski definition) is 3. The quantitative estimate of drug-likeness (QED) is 0.346. The van der Waals surface area contributed by atoms with Gasteiger partial charge < -0.3 is 15.1 Å². The van der Waals surface area contributed by atoms with Crippen LogP contribution in [0.1, 0.15) is 5.56 Å². The summed E-state index contributed by atoms with van der Waals surface area (Å²) >= 11 is 0. The van der Waals surface area contributed by atoms with Crippen molar-refractivity contribution in [3.8, 4) is 11.3 Å². The molecule has 1 aliphatic heterocycles. The standard InChI is InChI=1S/C23H26N8O2S/c1-29-9-11-30(12-10-29)22-8-5-19(15-24-22)27-23-25-16-20-6-7-21(31(20)28-23)18-4-2-3-17(13-18)14-26-34(32)33/h2-8,13,15-16,34H,9-12,14H2,1H3,(H,27,28)(H,26,32,33). The topological polar surface area (TPSA) is 108 Å². The molecule has 5 rings (SSSR count). The highest BCUT2D eigenvalue weighted by molar-refractivity contribution is 7.70. The summed E-state index contributed by atoms with van der Waals surface area (Å²) in [5.41, 5.74) is 4.35. The van der Waals surface area contributed by atoms with Crippen molar-refractivity contribution in [2.45, 2.75) is 6.54 Å². The molecule has 0 saturated carbocycles. The van der Waals surface area contributed by atoms with Crippen LogP contribution in [0.25, 0.3) is 16.8 Å². The molecule has 0 unspecified atom stereocenters. The maximum absolute atomic E-state index is 10.8. The predicted octanol–water partition coefficient (Wildman–Crippen LogP) is 1.90. The van der Waals surface area contributed by atoms with Crippen molar-refractivity contribution in [1.29, 1.82) is 0 Å². The molecule has 0 aliphatic carbocycles. The van der Waals surface area contributed by atoms with Gasteiger partial charge in [0.15, 0.2) is 0 Å². The molecular formula is C23H26N8O2S. The fourth-order valence-electron chi connectivity index (χ4n) is 3.99. The fraction of sp³-hybridized carbons (Fsp3) is 0.261. The normalized spacial score (nSPS) is 14.7. The van der Waals surface area contributed by atoms with Gasteiger partial charge in [0.05, 0.1) is 29.3 Å². The number of anilines is 3. The van der Waals surface area contributed by atoms with Crippen molar-refractivity contribution in [1.82, 2.24) is 29.2 Å². The number of benzene rings is 1. The maximum Gasteiger partial charge on any atom is 0.245 e. The molecule has 2 N–H and O–H groups in total. The van der Waals surface area contributed by atoms with E-state index >= 15 is 0 Å². The minimum Gasteiger partial charge on any atom is -0.354 e. The van der Waals surface area contributed by atoms with Gasteiger partial charge in [-0.3, -0.25) is 0 Å². The van der Waals surface area contributed by atoms with E-state index in [9.17, 15) is 8.42 Å². The first kappa shape index (κ1) is 22.3. The van der Waals surface area contributed by atoms with Crippen LogP contribution in [0, 0.1) is 0 Å². The molecule has 1 aromatic carbocycles. The van der Waals surface area contributed by atoms with E-state index in [1.807, 2.05) is 53.0 Å². The summed E-state index contributed by atoms with van der Waals surface area (Å²) in [7, 11) is -0.501. The van der Waals surface area contributed by atoms with E-state index in [-0.39, 0.29) is 6.54 Å². The Morgan fingerprint density at radius 2 is 1.82 bits per heavy atom. The number of nitrogens with zero attached hydrogens (tertiary/aromatic N) is 6. The number of thiol groups is 1. The minimum absolute atomic E-state index is 0.245. The molecule has 0 atom stereocenters. The van der Waals surface area contributed by atoms with E-state index in [0.717, 1.165) is 60.0 Å². The van der Waals surface area contributed by atoms with Gasteiger partial charge in [-0.05, 0) is 42.9 Å². The molecule has 34 heavy (non-hydrogen) atoms. The Kier molecular flexibility index (Phi) is 6.39. The van der Waals surface area contributed by atoms with Crippen LogP contribution in [-0.2, 0) is 17.4 Å². The Morgan fingerprint density at radius 1 is 0.971 bits per heavy atom. The third-order valence-corrected chi connectivity index (χ3v) is 6.28. The van der Waals surface area contributed by atoms with E-state index in [0.29, 0.717) is 5.95 Å². The number of likely N-dealkylation sites (N-methyl/N-ethyl adjacent to an activating group) is 1. The van der Waals surface area contributed by atoms with Gasteiger partial charge in [-0.15, -0.1) is 5.10 Å². The number of fused-ring (bicyclic) bond motifs is 1. The Morgan fingerprint density at radius 3 is 2.59 bits per heavy atom. The molecule has 3 aromatic heterocycles. The number of rotatable bonds is 7. The third-order valence-electron chi connectivity index (χ3n) is 5.86. The van der Waals surface area contributed by atoms with Crippen molar-refractivity contribution in [2.75, 3.05) is 43.4 Å². The molecule has 0 radical (unpaired) electrons. The smallest absolute Gasteiger partial charge is 0.245 e. The van der Waals surface area contributed by atoms with Gasteiger partial charge in [0.2, 0.25) is 16.8 Å². The Bertz CT molecular complexity index is 1350. The first-order chi connectivity index (χ1) is 16.5. The van der Waals surface area contributed by atoms with Gasteiger partial charge in [0.1, 0.15) is 5.82 Å². The third kappa shape index (κ3) is 5.01. The van der Waals surface area contributed by atoms with Gasteiger partial charge >= 0.3 is 0 Å². The summed E-state index contributed by atoms with van der Waals surface area (Å²) in [5.74, 6) is 1.43. The van der Waals surface area contributed by atoms with Crippen LogP contribution >= 0.6 is 0 Å². The highest BCUT2D eigenvalue weighted by Gasteiger charge is 2.15. The van der Waals surface area contributed by atoms with Crippen LogP contribution < -0.4 is 14.9 Å². The second-order valence-electron chi connectivity index (χ2n) is 8.25. The van der Waals surface area contributed by atoms with Crippen LogP contribution in [-0.4, -0.2) is 66.1 Å². The molecule has 0 bridgehead atoms. The lowest BCUT2D eigenvalue weighted by Crippen LogP contribution is -2.44. The molecule has 0 amide bonds. The molecular weight excluding hydrogens is 452 g/mol. The first-order valence-corrected chi connectivity index (χ1v) is 12.2. The zero-order chi connectivity index (χ0) is 23.5. The van der Waals surface area contributed by atoms with Crippen molar-refractivity contribution in [3.05, 3.63) is 66.5 Å².